The van der Waals surface area contributed by atoms with Crippen LogP contribution in [0.5, 0.6) is 0 Å². The minimum atomic E-state index is -1.08. The topological polar surface area (TPSA) is 240 Å². The summed E-state index contributed by atoms with van der Waals surface area (Å²) in [5.74, 6) is -5.30. The fourth-order valence-electron chi connectivity index (χ4n) is 6.03. The molecule has 0 spiro atoms. The molecule has 0 bridgehead atoms. The van der Waals surface area contributed by atoms with Crippen molar-refractivity contribution in [2.75, 3.05) is 19.8 Å². The summed E-state index contributed by atoms with van der Waals surface area (Å²) in [4.78, 5) is 96.4. The second-order valence-electron chi connectivity index (χ2n) is 13.7. The Morgan fingerprint density at radius 1 is 0.418 bits per heavy atom. The van der Waals surface area contributed by atoms with Gasteiger partial charge in [0.25, 0.3) is 0 Å². The number of rotatable bonds is 27. The van der Waals surface area contributed by atoms with Crippen LogP contribution in [0.15, 0.2) is 0 Å². The summed E-state index contributed by atoms with van der Waals surface area (Å²) >= 11 is 0. The van der Waals surface area contributed by atoms with E-state index in [0.717, 1.165) is 27.7 Å². The van der Waals surface area contributed by atoms with E-state index in [0.29, 0.717) is 0 Å². The highest BCUT2D eigenvalue weighted by atomic mass is 16.6. The predicted molar refractivity (Wildman–Crippen MR) is 190 cm³/mol. The average Bonchev–Trinajstić information content (AvgIpc) is 2.97. The second kappa shape index (κ2) is 26.5. The summed E-state index contributed by atoms with van der Waals surface area (Å²) < 4.78 is 49.3. The molecule has 316 valence electrons. The Hall–Kier alpha value is -4.32. The maximum absolute atomic E-state index is 12.3. The summed E-state index contributed by atoms with van der Waals surface area (Å²) in [6.45, 7) is 12.6. The van der Waals surface area contributed by atoms with Crippen molar-refractivity contribution in [3.05, 3.63) is 0 Å². The van der Waals surface area contributed by atoms with Crippen LogP contribution in [0.2, 0.25) is 0 Å². The van der Waals surface area contributed by atoms with Gasteiger partial charge in [0.15, 0.2) is 0 Å². The summed E-state index contributed by atoms with van der Waals surface area (Å²) in [6, 6.07) is 0. The Balaban J connectivity index is 6.52. The molecule has 0 saturated carbocycles. The molecule has 0 heterocycles. The van der Waals surface area contributed by atoms with Crippen LogP contribution in [-0.4, -0.2) is 121 Å². The normalized spacial score (nSPS) is 15.0. The molecule has 0 radical (unpaired) electrons. The number of aliphatic hydroxyl groups is 1. The van der Waals surface area contributed by atoms with Crippen LogP contribution in [-0.2, 0) is 81.0 Å². The fraction of sp³-hybridized carbons (Fsp3) is 0.784. The van der Waals surface area contributed by atoms with Crippen LogP contribution >= 0.6 is 0 Å². The van der Waals surface area contributed by atoms with Crippen LogP contribution < -0.4 is 0 Å². The van der Waals surface area contributed by atoms with Gasteiger partial charge < -0.3 is 47.7 Å². The maximum atomic E-state index is 12.3. The lowest BCUT2D eigenvalue weighted by Crippen LogP contribution is -2.38. The van der Waals surface area contributed by atoms with E-state index in [9.17, 15) is 43.5 Å². The number of carbonyl (C=O) groups is 8. The average molecular weight is 793 g/mol. The van der Waals surface area contributed by atoms with Gasteiger partial charge in [-0.15, -0.1) is 0 Å². The van der Waals surface area contributed by atoms with E-state index in [4.69, 9.17) is 42.6 Å². The van der Waals surface area contributed by atoms with Crippen LogP contribution in [0.1, 0.15) is 121 Å². The molecule has 18 nitrogen and oxygen atoms in total. The van der Waals surface area contributed by atoms with Gasteiger partial charge in [-0.3, -0.25) is 38.4 Å². The molecule has 7 unspecified atom stereocenters. The third kappa shape index (κ3) is 27.9. The molecule has 0 amide bonds. The fourth-order valence-corrected chi connectivity index (χ4v) is 6.03. The van der Waals surface area contributed by atoms with E-state index in [1.807, 2.05) is 0 Å². The number of esters is 8. The summed E-state index contributed by atoms with van der Waals surface area (Å²) in [5, 5.41) is 9.22. The van der Waals surface area contributed by atoms with Gasteiger partial charge in [0.1, 0.15) is 42.7 Å². The van der Waals surface area contributed by atoms with E-state index in [1.54, 1.807) is 13.8 Å². The van der Waals surface area contributed by atoms with Crippen LogP contribution in [0.4, 0.5) is 0 Å². The van der Waals surface area contributed by atoms with E-state index in [1.165, 1.54) is 27.7 Å². The first-order chi connectivity index (χ1) is 25.5. The molecule has 0 aromatic carbocycles. The van der Waals surface area contributed by atoms with E-state index < -0.39 is 96.1 Å². The summed E-state index contributed by atoms with van der Waals surface area (Å²) in [6.07, 6.45) is -7.39. The van der Waals surface area contributed by atoms with E-state index in [-0.39, 0.29) is 71.2 Å². The Morgan fingerprint density at radius 3 is 0.982 bits per heavy atom. The molecule has 0 aliphatic carbocycles. The Morgan fingerprint density at radius 2 is 0.691 bits per heavy atom. The molecule has 7 atom stereocenters. The van der Waals surface area contributed by atoms with Crippen molar-refractivity contribution in [2.45, 2.75) is 169 Å². The lowest BCUT2D eigenvalue weighted by molar-refractivity contribution is -0.161. The van der Waals surface area contributed by atoms with Crippen LogP contribution in [0.25, 0.3) is 0 Å². The number of hydrogen-bond acceptors (Lipinski definition) is 18. The SMILES string of the molecule is CC(=O)OCCC(CC(CC(CC(CC(CC(CC(CC(C)(C)OCCO)OC(C)=O)OC(C)=O)OC(C)=O)OC(C)=O)OC(C)=O)OC(C)=O)OC(C)=O. The van der Waals surface area contributed by atoms with Gasteiger partial charge in [-0.2, -0.15) is 0 Å². The maximum Gasteiger partial charge on any atom is 0.302 e. The number of aliphatic hydroxyl groups excluding tert-OH is 1. The third-order valence-electron chi connectivity index (χ3n) is 7.53. The van der Waals surface area contributed by atoms with Crippen LogP contribution in [0.3, 0.4) is 0 Å². The molecule has 0 saturated heterocycles. The van der Waals surface area contributed by atoms with Gasteiger partial charge in [0.2, 0.25) is 0 Å². The zero-order valence-corrected chi connectivity index (χ0v) is 33.7. The summed E-state index contributed by atoms with van der Waals surface area (Å²) in [5.41, 5.74) is -0.866. The van der Waals surface area contributed by atoms with Crippen molar-refractivity contribution in [1.82, 2.24) is 0 Å². The molecule has 0 aliphatic heterocycles. The van der Waals surface area contributed by atoms with Gasteiger partial charge >= 0.3 is 47.8 Å². The van der Waals surface area contributed by atoms with Crippen molar-refractivity contribution >= 4 is 47.8 Å². The zero-order valence-electron chi connectivity index (χ0n) is 33.7. The van der Waals surface area contributed by atoms with Gasteiger partial charge in [-0.1, -0.05) is 0 Å². The number of carbonyl (C=O) groups excluding carboxylic acids is 8. The van der Waals surface area contributed by atoms with E-state index >= 15 is 0 Å². The lowest BCUT2D eigenvalue weighted by Gasteiger charge is -2.33. The molecule has 0 rings (SSSR count). The smallest absolute Gasteiger partial charge is 0.302 e. The molecule has 0 aromatic rings. The van der Waals surface area contributed by atoms with Gasteiger partial charge in [0, 0.05) is 107 Å². The first-order valence-corrected chi connectivity index (χ1v) is 18.1. The monoisotopic (exact) mass is 792 g/mol. The first kappa shape index (κ1) is 50.7. The molecular weight excluding hydrogens is 732 g/mol. The standard InChI is InChI=1S/C37H60O18/c1-22(39)47-13-11-30(49-23(2)40)15-31(50-24(3)41)16-32(51-25(4)42)17-33(52-26(5)43)18-34(53-27(6)44)19-35(54-28(7)45)20-36(55-29(8)46)21-37(9,10)48-14-12-38/h30-36,38H,11-21H2,1-10H3. The summed E-state index contributed by atoms with van der Waals surface area (Å²) in [7, 11) is 0. The van der Waals surface area contributed by atoms with Crippen molar-refractivity contribution in [3.63, 3.8) is 0 Å². The largest absolute Gasteiger partial charge is 0.466 e. The number of hydrogen-bond donors (Lipinski definition) is 1. The molecule has 0 aliphatic rings. The predicted octanol–water partition coefficient (Wildman–Crippen LogP) is 2.98. The van der Waals surface area contributed by atoms with Gasteiger partial charge in [0.05, 0.1) is 25.4 Å². The van der Waals surface area contributed by atoms with Crippen molar-refractivity contribution in [3.8, 4) is 0 Å². The van der Waals surface area contributed by atoms with Crippen molar-refractivity contribution < 1.29 is 86.1 Å². The molecular formula is C37H60O18. The Kier molecular flexibility index (Phi) is 24.4. The van der Waals surface area contributed by atoms with Crippen molar-refractivity contribution in [2.24, 2.45) is 0 Å². The highest BCUT2D eigenvalue weighted by molar-refractivity contribution is 5.68. The minimum absolute atomic E-state index is 0.0258. The molecule has 0 fully saturated rings. The molecule has 0 aromatic heterocycles. The molecule has 1 N–H and O–H groups in total. The lowest BCUT2D eigenvalue weighted by atomic mass is 9.93. The highest BCUT2D eigenvalue weighted by Gasteiger charge is 2.34. The quantitative estimate of drug-likeness (QED) is 0.0929. The Labute approximate surface area is 322 Å². The van der Waals surface area contributed by atoms with Gasteiger partial charge in [-0.05, 0) is 13.8 Å². The molecule has 55 heavy (non-hydrogen) atoms. The minimum Gasteiger partial charge on any atom is -0.466 e. The second-order valence-corrected chi connectivity index (χ2v) is 13.7. The van der Waals surface area contributed by atoms with Crippen molar-refractivity contribution in [1.29, 1.82) is 0 Å². The first-order valence-electron chi connectivity index (χ1n) is 18.1. The third-order valence-corrected chi connectivity index (χ3v) is 7.53. The molecule has 18 heteroatoms. The zero-order chi connectivity index (χ0) is 42.3. The number of ether oxygens (including phenoxy) is 9. The van der Waals surface area contributed by atoms with E-state index in [2.05, 4.69) is 0 Å². The Bertz CT molecular complexity index is 1260. The highest BCUT2D eigenvalue weighted by Crippen LogP contribution is 2.28. The van der Waals surface area contributed by atoms with Gasteiger partial charge in [-0.25, -0.2) is 0 Å². The van der Waals surface area contributed by atoms with Crippen LogP contribution in [0, 0.1) is 0 Å².